The number of carbonyl (C=O) groups is 1. The van der Waals surface area contributed by atoms with Gasteiger partial charge in [0, 0.05) is 12.0 Å². The Labute approximate surface area is 202 Å². The summed E-state index contributed by atoms with van der Waals surface area (Å²) in [4.78, 5) is 29.5. The van der Waals surface area contributed by atoms with E-state index in [9.17, 15) is 14.9 Å². The summed E-state index contributed by atoms with van der Waals surface area (Å²) in [6.07, 6.45) is 1.48. The van der Waals surface area contributed by atoms with Gasteiger partial charge in [0.2, 0.25) is 10.1 Å². The summed E-state index contributed by atoms with van der Waals surface area (Å²) in [5, 5.41) is 26.0. The number of hydrogen-bond donors (Lipinski definition) is 1. The number of nitrogens with zero attached hydrogens (tertiary/aromatic N) is 6. The fraction of sp³-hybridized carbons (Fsp3) is 0.227. The van der Waals surface area contributed by atoms with Gasteiger partial charge >= 0.3 is 0 Å². The lowest BCUT2D eigenvalue weighted by Gasteiger charge is -2.06. The number of carbonyl (C=O) groups excluding carboxylic acids is 1. The maximum Gasteiger partial charge on any atom is 0.275 e. The average molecular weight is 494 g/mol. The molecule has 0 aliphatic carbocycles. The molecular weight excluding hydrogens is 474 g/mol. The minimum absolute atomic E-state index is 0.0622. The fourth-order valence-corrected chi connectivity index (χ4v) is 4.35. The molecule has 0 bridgehead atoms. The second-order valence-corrected chi connectivity index (χ2v) is 9.65. The first kappa shape index (κ1) is 23.2. The number of fused-ring (bicyclic) bond motifs is 1. The standard InChI is InChI=1S/C22H19N7O3S2/c1-12(2)20-26-27-21(34-20)25-19(31)15(10-23)8-14-4-6-17(7-5-14)32-11-16-9-18(30)29-22(24-16)33-13(3)28-29/h4-9,12H,11H2,1-3H3,(H,25,27,31)/b15-8-. The van der Waals surface area contributed by atoms with Crippen LogP contribution in [0.25, 0.3) is 11.0 Å². The quantitative estimate of drug-likeness (QED) is 0.305. The van der Waals surface area contributed by atoms with Gasteiger partial charge in [0.15, 0.2) is 0 Å². The van der Waals surface area contributed by atoms with Crippen molar-refractivity contribution in [2.24, 2.45) is 0 Å². The Morgan fingerprint density at radius 3 is 2.71 bits per heavy atom. The molecule has 34 heavy (non-hydrogen) atoms. The first-order valence-electron chi connectivity index (χ1n) is 10.2. The number of hydrogen-bond acceptors (Lipinski definition) is 10. The molecule has 1 N–H and O–H groups in total. The minimum Gasteiger partial charge on any atom is -0.487 e. The van der Waals surface area contributed by atoms with Crippen LogP contribution in [0.4, 0.5) is 5.13 Å². The van der Waals surface area contributed by atoms with Crippen LogP contribution in [0.5, 0.6) is 5.75 Å². The van der Waals surface area contributed by atoms with Crippen LogP contribution >= 0.6 is 22.7 Å². The third-order valence-electron chi connectivity index (χ3n) is 4.50. The molecular formula is C22H19N7O3S2. The van der Waals surface area contributed by atoms with Gasteiger partial charge in [-0.25, -0.2) is 4.98 Å². The summed E-state index contributed by atoms with van der Waals surface area (Å²) in [6.45, 7) is 5.89. The van der Waals surface area contributed by atoms with Crippen molar-refractivity contribution in [2.75, 3.05) is 5.32 Å². The lowest BCUT2D eigenvalue weighted by atomic mass is 10.1. The Morgan fingerprint density at radius 1 is 1.26 bits per heavy atom. The van der Waals surface area contributed by atoms with E-state index in [0.29, 0.717) is 27.1 Å². The van der Waals surface area contributed by atoms with E-state index in [1.807, 2.05) is 26.8 Å². The highest BCUT2D eigenvalue weighted by atomic mass is 32.1. The molecule has 0 aliphatic heterocycles. The number of nitrogens with one attached hydrogen (secondary N) is 1. The molecule has 0 fully saturated rings. The van der Waals surface area contributed by atoms with Crippen molar-refractivity contribution in [3.05, 3.63) is 67.5 Å². The molecule has 4 aromatic rings. The summed E-state index contributed by atoms with van der Waals surface area (Å²) in [6, 6.07) is 10.2. The van der Waals surface area contributed by atoms with Gasteiger partial charge in [-0.2, -0.15) is 14.9 Å². The Bertz CT molecular complexity index is 1480. The van der Waals surface area contributed by atoms with E-state index in [-0.39, 0.29) is 23.7 Å². The van der Waals surface area contributed by atoms with E-state index in [1.54, 1.807) is 24.3 Å². The molecule has 0 spiro atoms. The number of aryl methyl sites for hydroxylation is 1. The molecule has 0 aliphatic rings. The molecule has 0 radical (unpaired) electrons. The molecule has 0 saturated heterocycles. The first-order valence-corrected chi connectivity index (χ1v) is 11.8. The topological polar surface area (TPSA) is 135 Å². The first-order chi connectivity index (χ1) is 16.3. The minimum atomic E-state index is -0.555. The van der Waals surface area contributed by atoms with Gasteiger partial charge in [0.1, 0.15) is 34.0 Å². The molecule has 1 aromatic carbocycles. The van der Waals surface area contributed by atoms with Crippen molar-refractivity contribution in [1.82, 2.24) is 24.8 Å². The highest BCUT2D eigenvalue weighted by Gasteiger charge is 2.14. The number of amides is 1. The van der Waals surface area contributed by atoms with E-state index in [2.05, 4.69) is 25.6 Å². The second-order valence-electron chi connectivity index (χ2n) is 7.48. The molecule has 1 amide bonds. The molecule has 3 aromatic heterocycles. The zero-order valence-corrected chi connectivity index (χ0v) is 20.1. The van der Waals surface area contributed by atoms with Crippen molar-refractivity contribution < 1.29 is 9.53 Å². The Balaban J connectivity index is 1.41. The van der Waals surface area contributed by atoms with Gasteiger partial charge < -0.3 is 4.74 Å². The monoisotopic (exact) mass is 493 g/mol. The predicted octanol–water partition coefficient (Wildman–Crippen LogP) is 3.56. The smallest absolute Gasteiger partial charge is 0.275 e. The van der Waals surface area contributed by atoms with Gasteiger partial charge in [-0.1, -0.05) is 48.7 Å². The molecule has 0 saturated carbocycles. The highest BCUT2D eigenvalue weighted by molar-refractivity contribution is 7.16. The number of ether oxygens (including phenoxy) is 1. The van der Waals surface area contributed by atoms with Crippen LogP contribution in [0.15, 0.2) is 40.7 Å². The molecule has 4 rings (SSSR count). The van der Waals surface area contributed by atoms with E-state index in [4.69, 9.17) is 4.74 Å². The van der Waals surface area contributed by atoms with E-state index < -0.39 is 5.91 Å². The van der Waals surface area contributed by atoms with Gasteiger partial charge in [0.25, 0.3) is 11.5 Å². The molecule has 12 heteroatoms. The normalized spacial score (nSPS) is 11.6. The Hall–Kier alpha value is -3.95. The Kier molecular flexibility index (Phi) is 6.76. The summed E-state index contributed by atoms with van der Waals surface area (Å²) in [5.41, 5.74) is 0.827. The lowest BCUT2D eigenvalue weighted by molar-refractivity contribution is -0.112. The van der Waals surface area contributed by atoms with Crippen molar-refractivity contribution in [3.8, 4) is 11.8 Å². The van der Waals surface area contributed by atoms with Gasteiger partial charge in [0.05, 0.1) is 5.69 Å². The largest absolute Gasteiger partial charge is 0.487 e. The number of anilines is 1. The molecule has 0 unspecified atom stereocenters. The molecule has 172 valence electrons. The lowest BCUT2D eigenvalue weighted by Crippen LogP contribution is -2.16. The van der Waals surface area contributed by atoms with Crippen LogP contribution in [0.1, 0.15) is 41.0 Å². The third-order valence-corrected chi connectivity index (χ3v) is 6.46. The number of benzene rings is 1. The molecule has 3 heterocycles. The van der Waals surface area contributed by atoms with Gasteiger partial charge in [-0.3, -0.25) is 14.9 Å². The van der Waals surface area contributed by atoms with Crippen LogP contribution in [0.2, 0.25) is 0 Å². The van der Waals surface area contributed by atoms with Crippen LogP contribution in [-0.2, 0) is 11.4 Å². The summed E-state index contributed by atoms with van der Waals surface area (Å²) in [7, 11) is 0. The second kappa shape index (κ2) is 9.90. The van der Waals surface area contributed by atoms with Gasteiger partial charge in [-0.15, -0.1) is 10.2 Å². The maximum absolute atomic E-state index is 12.5. The number of rotatable bonds is 7. The predicted molar refractivity (Wildman–Crippen MR) is 129 cm³/mol. The zero-order chi connectivity index (χ0) is 24.2. The highest BCUT2D eigenvalue weighted by Crippen LogP contribution is 2.23. The average Bonchev–Trinajstić information content (AvgIpc) is 3.43. The zero-order valence-electron chi connectivity index (χ0n) is 18.5. The van der Waals surface area contributed by atoms with Crippen LogP contribution < -0.4 is 15.6 Å². The third kappa shape index (κ3) is 5.33. The maximum atomic E-state index is 12.5. The number of aromatic nitrogens is 5. The van der Waals surface area contributed by atoms with Crippen molar-refractivity contribution >= 4 is 44.7 Å². The van der Waals surface area contributed by atoms with Crippen LogP contribution in [0, 0.1) is 18.3 Å². The SMILES string of the molecule is Cc1nn2c(=O)cc(COc3ccc(/C=C(/C#N)C(=O)Nc4nnc(C(C)C)s4)cc3)nc2s1. The summed E-state index contributed by atoms with van der Waals surface area (Å²) >= 11 is 2.61. The van der Waals surface area contributed by atoms with E-state index >= 15 is 0 Å². The van der Waals surface area contributed by atoms with E-state index in [1.165, 1.54) is 39.3 Å². The van der Waals surface area contributed by atoms with E-state index in [0.717, 1.165) is 10.0 Å². The summed E-state index contributed by atoms with van der Waals surface area (Å²) < 4.78 is 7.00. The van der Waals surface area contributed by atoms with Crippen molar-refractivity contribution in [1.29, 1.82) is 5.26 Å². The van der Waals surface area contributed by atoms with Gasteiger partial charge in [-0.05, 0) is 30.7 Å². The molecule has 10 nitrogen and oxygen atoms in total. The van der Waals surface area contributed by atoms with Crippen LogP contribution in [-0.4, -0.2) is 30.7 Å². The number of nitriles is 1. The fourth-order valence-electron chi connectivity index (χ4n) is 2.84. The van der Waals surface area contributed by atoms with Crippen molar-refractivity contribution in [2.45, 2.75) is 33.3 Å². The van der Waals surface area contributed by atoms with Crippen molar-refractivity contribution in [3.63, 3.8) is 0 Å². The summed E-state index contributed by atoms with van der Waals surface area (Å²) in [5.74, 6) is 0.199. The molecule has 0 atom stereocenters. The van der Waals surface area contributed by atoms with Crippen LogP contribution in [0.3, 0.4) is 0 Å². The Morgan fingerprint density at radius 2 is 2.03 bits per heavy atom.